The molecule has 0 bridgehead atoms. The Labute approximate surface area is 185 Å². The predicted octanol–water partition coefficient (Wildman–Crippen LogP) is 4.67. The normalized spacial score (nSPS) is 14.7. The van der Waals surface area contributed by atoms with E-state index in [0.29, 0.717) is 34.2 Å². The Hall–Kier alpha value is -1.44. The number of aromatic nitrogens is 3. The number of carbonyl (C=O) groups excluding carboxylic acids is 1. The van der Waals surface area contributed by atoms with Gasteiger partial charge in [0.1, 0.15) is 11.6 Å². The van der Waals surface area contributed by atoms with E-state index in [9.17, 15) is 4.79 Å². The standard InChI is InChI=1S/C20H26Cl2N4O2S/c1-26-18(8-5-11-28-17-10-9-14(21)12-16(17)22)24-25-20(26)29-13-19(27)23-15-6-3-2-4-7-15/h9-10,12,15H,2-8,11,13H2,1H3,(H,23,27). The quantitative estimate of drug-likeness (QED) is 0.438. The molecule has 0 atom stereocenters. The van der Waals surface area contributed by atoms with E-state index in [2.05, 4.69) is 15.5 Å². The summed E-state index contributed by atoms with van der Waals surface area (Å²) in [5.74, 6) is 1.92. The summed E-state index contributed by atoms with van der Waals surface area (Å²) in [4.78, 5) is 12.2. The van der Waals surface area contributed by atoms with Crippen LogP contribution < -0.4 is 10.1 Å². The van der Waals surface area contributed by atoms with Gasteiger partial charge in [0.15, 0.2) is 5.16 Å². The SMILES string of the molecule is Cn1c(CCCOc2ccc(Cl)cc2Cl)nnc1SCC(=O)NC1CCCCC1. The van der Waals surface area contributed by atoms with Crippen molar-refractivity contribution in [3.05, 3.63) is 34.1 Å². The molecule has 0 spiro atoms. The molecule has 1 aliphatic rings. The summed E-state index contributed by atoms with van der Waals surface area (Å²) in [6, 6.07) is 5.51. The molecule has 9 heteroatoms. The van der Waals surface area contributed by atoms with Gasteiger partial charge in [0.25, 0.3) is 0 Å². The summed E-state index contributed by atoms with van der Waals surface area (Å²) in [5.41, 5.74) is 0. The van der Waals surface area contributed by atoms with E-state index in [4.69, 9.17) is 27.9 Å². The first-order valence-corrected chi connectivity index (χ1v) is 11.7. The topological polar surface area (TPSA) is 69.0 Å². The Bertz CT molecular complexity index is 825. The largest absolute Gasteiger partial charge is 0.492 e. The van der Waals surface area contributed by atoms with Crippen LogP contribution in [0.4, 0.5) is 0 Å². The van der Waals surface area contributed by atoms with Gasteiger partial charge in [0.05, 0.1) is 17.4 Å². The van der Waals surface area contributed by atoms with Crippen LogP contribution in [0.1, 0.15) is 44.3 Å². The van der Waals surface area contributed by atoms with Crippen LogP contribution in [0.5, 0.6) is 5.75 Å². The average molecular weight is 457 g/mol. The molecule has 3 rings (SSSR count). The third-order valence-corrected chi connectivity index (χ3v) is 6.47. The van der Waals surface area contributed by atoms with Crippen molar-refractivity contribution >= 4 is 40.9 Å². The first-order chi connectivity index (χ1) is 14.0. The molecule has 1 aromatic heterocycles. The van der Waals surface area contributed by atoms with Crippen molar-refractivity contribution in [2.75, 3.05) is 12.4 Å². The number of nitrogens with zero attached hydrogens (tertiary/aromatic N) is 3. The Morgan fingerprint density at radius 1 is 1.28 bits per heavy atom. The van der Waals surface area contributed by atoms with Crippen molar-refractivity contribution in [1.29, 1.82) is 0 Å². The minimum Gasteiger partial charge on any atom is -0.492 e. The molecule has 0 saturated heterocycles. The van der Waals surface area contributed by atoms with E-state index in [1.807, 2.05) is 11.6 Å². The molecule has 29 heavy (non-hydrogen) atoms. The van der Waals surface area contributed by atoms with E-state index < -0.39 is 0 Å². The van der Waals surface area contributed by atoms with Crippen molar-refractivity contribution in [3.63, 3.8) is 0 Å². The second-order valence-corrected chi connectivity index (χ2v) is 8.96. The third-order valence-electron chi connectivity index (χ3n) is 4.92. The number of benzene rings is 1. The number of ether oxygens (including phenoxy) is 1. The maximum Gasteiger partial charge on any atom is 0.230 e. The number of amides is 1. The van der Waals surface area contributed by atoms with Crippen molar-refractivity contribution in [2.45, 2.75) is 56.1 Å². The Balaban J connectivity index is 1.40. The zero-order valence-corrected chi connectivity index (χ0v) is 18.8. The maximum absolute atomic E-state index is 12.2. The lowest BCUT2D eigenvalue weighted by molar-refractivity contribution is -0.119. The van der Waals surface area contributed by atoms with Crippen molar-refractivity contribution in [3.8, 4) is 5.75 Å². The van der Waals surface area contributed by atoms with Gasteiger partial charge in [-0.05, 0) is 37.5 Å². The van der Waals surface area contributed by atoms with Crippen molar-refractivity contribution in [1.82, 2.24) is 20.1 Å². The van der Waals surface area contributed by atoms with Gasteiger partial charge >= 0.3 is 0 Å². The Morgan fingerprint density at radius 3 is 2.83 bits per heavy atom. The van der Waals surface area contributed by atoms with Crippen LogP contribution in [0.3, 0.4) is 0 Å². The van der Waals surface area contributed by atoms with Crippen LogP contribution in [0.15, 0.2) is 23.4 Å². The van der Waals surface area contributed by atoms with Gasteiger partial charge in [-0.2, -0.15) is 0 Å². The molecule has 1 fully saturated rings. The number of rotatable bonds is 9. The summed E-state index contributed by atoms with van der Waals surface area (Å²) in [7, 11) is 1.92. The van der Waals surface area contributed by atoms with Crippen LogP contribution >= 0.6 is 35.0 Å². The van der Waals surface area contributed by atoms with Crippen molar-refractivity contribution in [2.24, 2.45) is 7.05 Å². The molecule has 0 radical (unpaired) electrons. The van der Waals surface area contributed by atoms with Gasteiger partial charge in [-0.25, -0.2) is 0 Å². The number of nitrogens with one attached hydrogen (secondary N) is 1. The first-order valence-electron chi connectivity index (χ1n) is 9.91. The second kappa shape index (κ2) is 11.1. The highest BCUT2D eigenvalue weighted by molar-refractivity contribution is 7.99. The molecule has 1 aliphatic carbocycles. The minimum atomic E-state index is 0.0692. The van der Waals surface area contributed by atoms with E-state index in [1.165, 1.54) is 31.0 Å². The van der Waals surface area contributed by atoms with E-state index in [0.717, 1.165) is 36.7 Å². The first kappa shape index (κ1) is 22.2. The van der Waals surface area contributed by atoms with Crippen LogP contribution in [0, 0.1) is 0 Å². The molecular weight excluding hydrogens is 431 g/mol. The molecule has 6 nitrogen and oxygen atoms in total. The number of aryl methyl sites for hydroxylation is 1. The molecule has 0 aliphatic heterocycles. The molecule has 1 aromatic carbocycles. The monoisotopic (exact) mass is 456 g/mol. The minimum absolute atomic E-state index is 0.0692. The van der Waals surface area contributed by atoms with Gasteiger partial charge in [-0.3, -0.25) is 4.79 Å². The Morgan fingerprint density at radius 2 is 2.07 bits per heavy atom. The van der Waals surface area contributed by atoms with E-state index in [-0.39, 0.29) is 5.91 Å². The molecule has 1 heterocycles. The lowest BCUT2D eigenvalue weighted by Gasteiger charge is -2.22. The fourth-order valence-electron chi connectivity index (χ4n) is 3.34. The lowest BCUT2D eigenvalue weighted by atomic mass is 9.95. The molecule has 1 saturated carbocycles. The van der Waals surface area contributed by atoms with Gasteiger partial charge in [0.2, 0.25) is 5.91 Å². The molecule has 0 unspecified atom stereocenters. The number of hydrogen-bond donors (Lipinski definition) is 1. The van der Waals surface area contributed by atoms with Gasteiger partial charge < -0.3 is 14.6 Å². The smallest absolute Gasteiger partial charge is 0.230 e. The maximum atomic E-state index is 12.2. The Kier molecular flexibility index (Phi) is 8.51. The van der Waals surface area contributed by atoms with Crippen LogP contribution in [0.2, 0.25) is 10.0 Å². The number of thioether (sulfide) groups is 1. The highest BCUT2D eigenvalue weighted by atomic mass is 35.5. The number of halogens is 2. The summed E-state index contributed by atoms with van der Waals surface area (Å²) < 4.78 is 7.64. The highest BCUT2D eigenvalue weighted by Crippen LogP contribution is 2.27. The predicted molar refractivity (Wildman–Crippen MR) is 117 cm³/mol. The molecule has 1 amide bonds. The van der Waals surface area contributed by atoms with Crippen LogP contribution in [-0.4, -0.2) is 39.1 Å². The summed E-state index contributed by atoms with van der Waals surface area (Å²) in [5, 5.41) is 13.4. The third kappa shape index (κ3) is 6.79. The average Bonchev–Trinajstić information content (AvgIpc) is 3.05. The fourth-order valence-corrected chi connectivity index (χ4v) is 4.54. The molecule has 1 N–H and O–H groups in total. The van der Waals surface area contributed by atoms with E-state index >= 15 is 0 Å². The lowest BCUT2D eigenvalue weighted by Crippen LogP contribution is -2.37. The van der Waals surface area contributed by atoms with Crippen molar-refractivity contribution < 1.29 is 9.53 Å². The van der Waals surface area contributed by atoms with Gasteiger partial charge in [-0.15, -0.1) is 10.2 Å². The molecule has 2 aromatic rings. The van der Waals surface area contributed by atoms with E-state index in [1.54, 1.807) is 18.2 Å². The molecule has 158 valence electrons. The summed E-state index contributed by atoms with van der Waals surface area (Å²) in [6.45, 7) is 0.514. The van der Waals surface area contributed by atoms with Crippen LogP contribution in [-0.2, 0) is 18.3 Å². The highest BCUT2D eigenvalue weighted by Gasteiger charge is 2.17. The number of hydrogen-bond acceptors (Lipinski definition) is 5. The van der Waals surface area contributed by atoms with Gasteiger partial charge in [0, 0.05) is 24.5 Å². The zero-order valence-electron chi connectivity index (χ0n) is 16.5. The van der Waals surface area contributed by atoms with Crippen LogP contribution in [0.25, 0.3) is 0 Å². The summed E-state index contributed by atoms with van der Waals surface area (Å²) in [6.07, 6.45) is 7.38. The fraction of sp³-hybridized carbons (Fsp3) is 0.550. The second-order valence-electron chi connectivity index (χ2n) is 7.18. The summed E-state index contributed by atoms with van der Waals surface area (Å²) >= 11 is 13.4. The zero-order chi connectivity index (χ0) is 20.6. The molecular formula is C20H26Cl2N4O2S. The van der Waals surface area contributed by atoms with Gasteiger partial charge in [-0.1, -0.05) is 54.2 Å². The number of carbonyl (C=O) groups is 1.